The van der Waals surface area contributed by atoms with Crippen LogP contribution in [0.15, 0.2) is 46.9 Å². The zero-order chi connectivity index (χ0) is 19.1. The number of amides is 1. The van der Waals surface area contributed by atoms with Crippen molar-refractivity contribution in [2.75, 3.05) is 6.54 Å². The summed E-state index contributed by atoms with van der Waals surface area (Å²) in [6, 6.07) is 13.1. The van der Waals surface area contributed by atoms with E-state index in [1.807, 2.05) is 35.0 Å². The first-order chi connectivity index (χ1) is 13.7. The molecule has 0 bridgehead atoms. The number of nitrogens with one attached hydrogen (secondary N) is 1. The van der Waals surface area contributed by atoms with Gasteiger partial charge in [0.05, 0.1) is 23.3 Å². The van der Waals surface area contributed by atoms with Gasteiger partial charge in [-0.2, -0.15) is 5.10 Å². The maximum atomic E-state index is 12.8. The number of nitrogens with zero attached hydrogens (tertiary/aromatic N) is 4. The standard InChI is InChI=1S/C20H19N5O3/c26-12-14-6-7-18(28-14)20(27)24-8-3-9-25-13(11-24)10-17(23-25)19-21-15-4-1-2-5-16(15)22-19/h1-2,4-7,10,26H,3,8-9,11-12H2,(H,21,22). The van der Waals surface area contributed by atoms with E-state index in [9.17, 15) is 4.79 Å². The van der Waals surface area contributed by atoms with Crippen LogP contribution in [0.1, 0.15) is 28.4 Å². The summed E-state index contributed by atoms with van der Waals surface area (Å²) in [5.74, 6) is 1.17. The van der Waals surface area contributed by atoms with E-state index in [1.165, 1.54) is 0 Å². The number of imidazole rings is 1. The number of para-hydroxylation sites is 2. The van der Waals surface area contributed by atoms with Gasteiger partial charge in [-0.25, -0.2) is 4.98 Å². The molecule has 1 aliphatic heterocycles. The zero-order valence-electron chi connectivity index (χ0n) is 15.1. The van der Waals surface area contributed by atoms with E-state index in [-0.39, 0.29) is 18.3 Å². The van der Waals surface area contributed by atoms with Gasteiger partial charge in [0.2, 0.25) is 0 Å². The Kier molecular flexibility index (Phi) is 3.98. The number of aryl methyl sites for hydroxylation is 1. The summed E-state index contributed by atoms with van der Waals surface area (Å²) in [5, 5.41) is 13.8. The van der Waals surface area contributed by atoms with Crippen molar-refractivity contribution in [3.63, 3.8) is 0 Å². The molecule has 4 heterocycles. The van der Waals surface area contributed by atoms with Crippen LogP contribution in [0.2, 0.25) is 0 Å². The molecule has 0 spiro atoms. The first-order valence-corrected chi connectivity index (χ1v) is 9.22. The molecule has 2 N–H and O–H groups in total. The fraction of sp³-hybridized carbons (Fsp3) is 0.250. The smallest absolute Gasteiger partial charge is 0.289 e. The minimum absolute atomic E-state index is 0.181. The lowest BCUT2D eigenvalue weighted by atomic mass is 10.3. The predicted molar refractivity (Wildman–Crippen MR) is 101 cm³/mol. The van der Waals surface area contributed by atoms with Gasteiger partial charge in [-0.1, -0.05) is 12.1 Å². The van der Waals surface area contributed by atoms with Crippen LogP contribution in [0.5, 0.6) is 0 Å². The third kappa shape index (κ3) is 2.87. The maximum Gasteiger partial charge on any atom is 0.289 e. The summed E-state index contributed by atoms with van der Waals surface area (Å²) >= 11 is 0. The Bertz CT molecular complexity index is 1120. The molecule has 0 radical (unpaired) electrons. The minimum Gasteiger partial charge on any atom is -0.453 e. The summed E-state index contributed by atoms with van der Waals surface area (Å²) in [4.78, 5) is 22.5. The number of fused-ring (bicyclic) bond motifs is 2. The molecule has 0 fully saturated rings. The van der Waals surface area contributed by atoms with E-state index in [4.69, 9.17) is 9.52 Å². The number of aliphatic hydroxyl groups is 1. The number of carbonyl (C=O) groups is 1. The largest absolute Gasteiger partial charge is 0.453 e. The van der Waals surface area contributed by atoms with Gasteiger partial charge in [0.25, 0.3) is 5.91 Å². The van der Waals surface area contributed by atoms with Crippen molar-refractivity contribution in [2.45, 2.75) is 26.1 Å². The van der Waals surface area contributed by atoms with Gasteiger partial charge in [-0.05, 0) is 36.8 Å². The highest BCUT2D eigenvalue weighted by molar-refractivity contribution is 5.91. The van der Waals surface area contributed by atoms with E-state index in [1.54, 1.807) is 17.0 Å². The maximum absolute atomic E-state index is 12.8. The molecule has 142 valence electrons. The van der Waals surface area contributed by atoms with Gasteiger partial charge in [0.15, 0.2) is 11.6 Å². The van der Waals surface area contributed by atoms with Crippen molar-refractivity contribution in [2.24, 2.45) is 0 Å². The summed E-state index contributed by atoms with van der Waals surface area (Å²) in [7, 11) is 0. The van der Waals surface area contributed by atoms with E-state index < -0.39 is 0 Å². The average molecular weight is 377 g/mol. The van der Waals surface area contributed by atoms with Crippen LogP contribution in [0.4, 0.5) is 0 Å². The van der Waals surface area contributed by atoms with Crippen LogP contribution < -0.4 is 0 Å². The number of aromatic nitrogens is 4. The SMILES string of the molecule is O=C(c1ccc(CO)o1)N1CCCn2nc(-c3nc4ccccc4[nH]3)cc2C1. The number of H-pyrrole nitrogens is 1. The second-order valence-corrected chi connectivity index (χ2v) is 6.85. The summed E-state index contributed by atoms with van der Waals surface area (Å²) in [6.07, 6.45) is 0.799. The first kappa shape index (κ1) is 16.8. The molecular formula is C20H19N5O3. The summed E-state index contributed by atoms with van der Waals surface area (Å²) in [6.45, 7) is 1.58. The molecule has 0 saturated heterocycles. The van der Waals surface area contributed by atoms with Gasteiger partial charge in [0.1, 0.15) is 18.1 Å². The quantitative estimate of drug-likeness (QED) is 0.571. The molecule has 4 aromatic rings. The van der Waals surface area contributed by atoms with E-state index in [0.717, 1.165) is 41.2 Å². The van der Waals surface area contributed by atoms with Gasteiger partial charge >= 0.3 is 0 Å². The van der Waals surface area contributed by atoms with Crippen LogP contribution in [-0.4, -0.2) is 42.2 Å². The number of furan rings is 1. The van der Waals surface area contributed by atoms with E-state index in [2.05, 4.69) is 15.1 Å². The Morgan fingerprint density at radius 1 is 1.21 bits per heavy atom. The van der Waals surface area contributed by atoms with Crippen molar-refractivity contribution in [1.29, 1.82) is 0 Å². The Labute approximate surface area is 160 Å². The summed E-state index contributed by atoms with van der Waals surface area (Å²) in [5.41, 5.74) is 3.58. The van der Waals surface area contributed by atoms with Gasteiger partial charge in [-0.3, -0.25) is 9.48 Å². The van der Waals surface area contributed by atoms with Crippen LogP contribution in [0, 0.1) is 0 Å². The number of hydrogen-bond acceptors (Lipinski definition) is 5. The highest BCUT2D eigenvalue weighted by Gasteiger charge is 2.24. The molecule has 0 aliphatic carbocycles. The van der Waals surface area contributed by atoms with Crippen molar-refractivity contribution in [3.8, 4) is 11.5 Å². The average Bonchev–Trinajstić information content (AvgIpc) is 3.42. The molecule has 1 aliphatic rings. The summed E-state index contributed by atoms with van der Waals surface area (Å²) < 4.78 is 7.35. The highest BCUT2D eigenvalue weighted by atomic mass is 16.4. The van der Waals surface area contributed by atoms with Crippen LogP contribution in [0.3, 0.4) is 0 Å². The van der Waals surface area contributed by atoms with Gasteiger partial charge < -0.3 is 19.4 Å². The van der Waals surface area contributed by atoms with Crippen molar-refractivity contribution in [3.05, 3.63) is 59.7 Å². The lowest BCUT2D eigenvalue weighted by molar-refractivity contribution is 0.0709. The molecule has 0 atom stereocenters. The van der Waals surface area contributed by atoms with Crippen LogP contribution in [0.25, 0.3) is 22.6 Å². The highest BCUT2D eigenvalue weighted by Crippen LogP contribution is 2.23. The number of rotatable bonds is 3. The topological polar surface area (TPSA) is 100 Å². The van der Waals surface area contributed by atoms with Gasteiger partial charge in [-0.15, -0.1) is 0 Å². The predicted octanol–water partition coefficient (Wildman–Crippen LogP) is 2.56. The van der Waals surface area contributed by atoms with E-state index >= 15 is 0 Å². The molecule has 1 amide bonds. The lowest BCUT2D eigenvalue weighted by Crippen LogP contribution is -2.30. The molecule has 0 unspecified atom stereocenters. The molecule has 3 aromatic heterocycles. The number of benzene rings is 1. The second kappa shape index (κ2) is 6.65. The van der Waals surface area contributed by atoms with Crippen molar-refractivity contribution < 1.29 is 14.3 Å². The molecule has 28 heavy (non-hydrogen) atoms. The molecular weight excluding hydrogens is 358 g/mol. The third-order valence-corrected chi connectivity index (χ3v) is 4.96. The molecule has 1 aromatic carbocycles. The molecule has 8 nitrogen and oxygen atoms in total. The number of carbonyl (C=O) groups excluding carboxylic acids is 1. The van der Waals surface area contributed by atoms with Crippen molar-refractivity contribution >= 4 is 16.9 Å². The minimum atomic E-state index is -0.221. The fourth-order valence-corrected chi connectivity index (χ4v) is 3.56. The number of hydrogen-bond donors (Lipinski definition) is 2. The molecule has 0 saturated carbocycles. The Morgan fingerprint density at radius 2 is 2.11 bits per heavy atom. The monoisotopic (exact) mass is 377 g/mol. The number of aliphatic hydroxyl groups excluding tert-OH is 1. The second-order valence-electron chi connectivity index (χ2n) is 6.85. The first-order valence-electron chi connectivity index (χ1n) is 9.22. The van der Waals surface area contributed by atoms with Crippen LogP contribution >= 0.6 is 0 Å². The van der Waals surface area contributed by atoms with Crippen LogP contribution in [-0.2, 0) is 19.7 Å². The fourth-order valence-electron chi connectivity index (χ4n) is 3.56. The molecule has 5 rings (SSSR count). The Hall–Kier alpha value is -3.39. The zero-order valence-corrected chi connectivity index (χ0v) is 15.1. The number of aromatic amines is 1. The normalized spacial score (nSPS) is 14.2. The van der Waals surface area contributed by atoms with Gasteiger partial charge in [0, 0.05) is 13.1 Å². The van der Waals surface area contributed by atoms with E-state index in [0.29, 0.717) is 18.8 Å². The Balaban J connectivity index is 1.43. The van der Waals surface area contributed by atoms with Crippen molar-refractivity contribution in [1.82, 2.24) is 24.6 Å². The third-order valence-electron chi connectivity index (χ3n) is 4.96. The lowest BCUT2D eigenvalue weighted by Gasteiger charge is -2.18. The molecule has 8 heteroatoms. The Morgan fingerprint density at radius 3 is 2.93 bits per heavy atom.